The van der Waals surface area contributed by atoms with Gasteiger partial charge in [0.15, 0.2) is 11.6 Å². The minimum atomic E-state index is 0.115. The van der Waals surface area contributed by atoms with Crippen molar-refractivity contribution in [3.05, 3.63) is 46.5 Å². The molecule has 3 rings (SSSR count). The Kier molecular flexibility index (Phi) is 11.3. The maximum absolute atomic E-state index is 13.2. The van der Waals surface area contributed by atoms with Gasteiger partial charge in [0.1, 0.15) is 0 Å². The maximum Gasteiger partial charge on any atom is 0.190 e. The quantitative estimate of drug-likeness (QED) is 0.406. The molecule has 32 heavy (non-hydrogen) atoms. The van der Waals surface area contributed by atoms with Crippen molar-refractivity contribution in [1.82, 2.24) is 0 Å². The Morgan fingerprint density at radius 3 is 0.906 bits per heavy atom. The highest BCUT2D eigenvalue weighted by atomic mass is 16.1. The third-order valence-corrected chi connectivity index (χ3v) is 7.43. The molecule has 0 fully saturated rings. The molecule has 2 aliphatic carbocycles. The summed E-state index contributed by atoms with van der Waals surface area (Å²) in [6.07, 6.45) is 25.0. The SMILES string of the molecule is O=C1C2=C(CCCCCCCCCCCCCCCCCCCC2)C(=O)c2ccccc21. The van der Waals surface area contributed by atoms with Gasteiger partial charge in [-0.2, -0.15) is 0 Å². The average Bonchev–Trinajstić information content (AvgIpc) is 2.81. The molecule has 0 heterocycles. The van der Waals surface area contributed by atoms with Gasteiger partial charge in [0.05, 0.1) is 0 Å². The zero-order valence-electron chi connectivity index (χ0n) is 20.3. The first-order valence-corrected chi connectivity index (χ1v) is 13.7. The van der Waals surface area contributed by atoms with Gasteiger partial charge < -0.3 is 0 Å². The summed E-state index contributed by atoms with van der Waals surface area (Å²) in [7, 11) is 0. The lowest BCUT2D eigenvalue weighted by Crippen LogP contribution is -2.22. The van der Waals surface area contributed by atoms with Crippen LogP contribution in [0.1, 0.15) is 149 Å². The van der Waals surface area contributed by atoms with Gasteiger partial charge in [-0.15, -0.1) is 0 Å². The van der Waals surface area contributed by atoms with Crippen molar-refractivity contribution in [2.24, 2.45) is 0 Å². The average molecular weight is 437 g/mol. The van der Waals surface area contributed by atoms with E-state index in [1.807, 2.05) is 24.3 Å². The number of Topliss-reactive ketones (excluding diaryl/α,β-unsaturated/α-hetero) is 2. The fourth-order valence-electron chi connectivity index (χ4n) is 5.44. The van der Waals surface area contributed by atoms with E-state index in [0.717, 1.165) is 36.8 Å². The van der Waals surface area contributed by atoms with Crippen LogP contribution in [-0.2, 0) is 0 Å². The molecule has 2 heteroatoms. The predicted molar refractivity (Wildman–Crippen MR) is 134 cm³/mol. The van der Waals surface area contributed by atoms with Crippen molar-refractivity contribution < 1.29 is 9.59 Å². The molecule has 0 unspecified atom stereocenters. The summed E-state index contributed by atoms with van der Waals surface area (Å²) in [5.41, 5.74) is 2.90. The zero-order valence-corrected chi connectivity index (χ0v) is 20.3. The van der Waals surface area contributed by atoms with E-state index in [1.54, 1.807) is 0 Å². The first kappa shape index (κ1) is 24.9. The normalized spacial score (nSPS) is 21.8. The van der Waals surface area contributed by atoms with Gasteiger partial charge in [0.25, 0.3) is 0 Å². The standard InChI is InChI=1S/C30H44O2/c31-29-25-21-17-15-13-11-9-7-5-3-1-2-4-6-8-10-12-14-16-18-22-26(25)30(32)28-24-20-19-23-27(28)29/h19-20,23-24H,1-18,21-22H2. The molecule has 1 aromatic carbocycles. The number of fused-ring (bicyclic) bond motifs is 1. The zero-order chi connectivity index (χ0) is 22.4. The third kappa shape index (κ3) is 7.71. The first-order chi connectivity index (χ1) is 15.8. The second-order valence-corrected chi connectivity index (χ2v) is 10.0. The van der Waals surface area contributed by atoms with Crippen LogP contribution in [0.2, 0.25) is 0 Å². The summed E-state index contributed by atoms with van der Waals surface area (Å²) in [5.74, 6) is 0.231. The summed E-state index contributed by atoms with van der Waals surface area (Å²) in [6, 6.07) is 7.43. The molecule has 0 amide bonds. The van der Waals surface area contributed by atoms with Crippen molar-refractivity contribution in [2.45, 2.75) is 128 Å². The molecule has 0 aliphatic heterocycles. The Morgan fingerprint density at radius 2 is 0.625 bits per heavy atom. The van der Waals surface area contributed by atoms with E-state index < -0.39 is 0 Å². The van der Waals surface area contributed by atoms with Crippen molar-refractivity contribution in [3.63, 3.8) is 0 Å². The van der Waals surface area contributed by atoms with Crippen molar-refractivity contribution in [2.75, 3.05) is 0 Å². The molecule has 1 aromatic rings. The third-order valence-electron chi connectivity index (χ3n) is 7.43. The van der Waals surface area contributed by atoms with E-state index in [2.05, 4.69) is 0 Å². The van der Waals surface area contributed by atoms with Gasteiger partial charge in [0.2, 0.25) is 0 Å². The lowest BCUT2D eigenvalue weighted by molar-refractivity contribution is 0.0968. The summed E-state index contributed by atoms with van der Waals surface area (Å²) < 4.78 is 0. The number of carbonyl (C=O) groups is 2. The van der Waals surface area contributed by atoms with Gasteiger partial charge in [-0.3, -0.25) is 9.59 Å². The Labute approximate surface area is 196 Å². The summed E-state index contributed by atoms with van der Waals surface area (Å²) >= 11 is 0. The second kappa shape index (κ2) is 14.4. The number of allylic oxidation sites excluding steroid dienone is 2. The number of benzene rings is 1. The van der Waals surface area contributed by atoms with Gasteiger partial charge >= 0.3 is 0 Å². The summed E-state index contributed by atoms with van der Waals surface area (Å²) in [6.45, 7) is 0. The number of hydrogen-bond acceptors (Lipinski definition) is 2. The van der Waals surface area contributed by atoms with E-state index in [0.29, 0.717) is 11.1 Å². The fourth-order valence-corrected chi connectivity index (χ4v) is 5.44. The van der Waals surface area contributed by atoms with Crippen LogP contribution in [0.5, 0.6) is 0 Å². The van der Waals surface area contributed by atoms with Crippen LogP contribution < -0.4 is 0 Å². The van der Waals surface area contributed by atoms with E-state index in [9.17, 15) is 9.59 Å². The van der Waals surface area contributed by atoms with E-state index in [1.165, 1.54) is 103 Å². The highest BCUT2D eigenvalue weighted by Gasteiger charge is 2.30. The molecule has 0 bridgehead atoms. The van der Waals surface area contributed by atoms with Crippen molar-refractivity contribution in [1.29, 1.82) is 0 Å². The molecule has 0 N–H and O–H groups in total. The molecule has 0 saturated carbocycles. The highest BCUT2D eigenvalue weighted by Crippen LogP contribution is 2.32. The predicted octanol–water partition coefficient (Wildman–Crippen LogP) is 9.18. The van der Waals surface area contributed by atoms with Crippen LogP contribution in [0.4, 0.5) is 0 Å². The first-order valence-electron chi connectivity index (χ1n) is 13.7. The summed E-state index contributed by atoms with van der Waals surface area (Å²) in [4.78, 5) is 26.5. The molecule has 2 aliphatic rings. The van der Waals surface area contributed by atoms with Gasteiger partial charge in [-0.1, -0.05) is 127 Å². The Morgan fingerprint density at radius 1 is 0.375 bits per heavy atom. The van der Waals surface area contributed by atoms with E-state index in [-0.39, 0.29) is 11.6 Å². The largest absolute Gasteiger partial charge is 0.289 e. The summed E-state index contributed by atoms with van der Waals surface area (Å²) in [5, 5.41) is 0. The molecule has 176 valence electrons. The minimum absolute atomic E-state index is 0.115. The molecule has 0 spiro atoms. The van der Waals surface area contributed by atoms with E-state index >= 15 is 0 Å². The van der Waals surface area contributed by atoms with Crippen molar-refractivity contribution in [3.8, 4) is 0 Å². The van der Waals surface area contributed by atoms with Crippen LogP contribution in [0.25, 0.3) is 0 Å². The van der Waals surface area contributed by atoms with Crippen LogP contribution >= 0.6 is 0 Å². The Balaban J connectivity index is 1.60. The maximum atomic E-state index is 13.2. The fraction of sp³-hybridized carbons (Fsp3) is 0.667. The molecular formula is C30H44O2. The molecular weight excluding hydrogens is 392 g/mol. The van der Waals surface area contributed by atoms with Gasteiger partial charge in [-0.05, 0) is 25.7 Å². The number of ketones is 2. The molecule has 2 nitrogen and oxygen atoms in total. The minimum Gasteiger partial charge on any atom is -0.289 e. The lowest BCUT2D eigenvalue weighted by atomic mass is 9.80. The Bertz CT molecular complexity index is 695. The van der Waals surface area contributed by atoms with Crippen LogP contribution in [0, 0.1) is 0 Å². The molecule has 0 aromatic heterocycles. The van der Waals surface area contributed by atoms with Gasteiger partial charge in [0, 0.05) is 22.3 Å². The number of carbonyl (C=O) groups excluding carboxylic acids is 2. The van der Waals surface area contributed by atoms with Crippen molar-refractivity contribution >= 4 is 11.6 Å². The van der Waals surface area contributed by atoms with Crippen LogP contribution in [0.3, 0.4) is 0 Å². The molecule has 0 atom stereocenters. The number of hydrogen-bond donors (Lipinski definition) is 0. The second-order valence-electron chi connectivity index (χ2n) is 10.0. The number of rotatable bonds is 0. The topological polar surface area (TPSA) is 34.1 Å². The molecule has 0 saturated heterocycles. The van der Waals surface area contributed by atoms with E-state index in [4.69, 9.17) is 0 Å². The van der Waals surface area contributed by atoms with Crippen LogP contribution in [-0.4, -0.2) is 11.6 Å². The monoisotopic (exact) mass is 436 g/mol. The highest BCUT2D eigenvalue weighted by molar-refractivity contribution is 6.26. The molecule has 0 radical (unpaired) electrons. The lowest BCUT2D eigenvalue weighted by Gasteiger charge is -2.21. The Hall–Kier alpha value is -1.70. The van der Waals surface area contributed by atoms with Crippen LogP contribution in [0.15, 0.2) is 35.4 Å². The van der Waals surface area contributed by atoms with Gasteiger partial charge in [-0.25, -0.2) is 0 Å². The smallest absolute Gasteiger partial charge is 0.190 e.